The highest BCUT2D eigenvalue weighted by molar-refractivity contribution is 7.89. The van der Waals surface area contributed by atoms with Crippen molar-refractivity contribution in [2.75, 3.05) is 18.4 Å². The van der Waals surface area contributed by atoms with E-state index in [0.717, 1.165) is 12.8 Å². The smallest absolute Gasteiger partial charge is 0.248 e. The van der Waals surface area contributed by atoms with Crippen LogP contribution in [0, 0.1) is 5.82 Å². The van der Waals surface area contributed by atoms with Crippen molar-refractivity contribution < 1.29 is 17.6 Å². The zero-order valence-electron chi connectivity index (χ0n) is 14.1. The van der Waals surface area contributed by atoms with E-state index in [0.29, 0.717) is 24.3 Å². The predicted octanol–water partition coefficient (Wildman–Crippen LogP) is 3.26. The lowest BCUT2D eigenvalue weighted by molar-refractivity contribution is -0.111. The average molecular weight is 374 g/mol. The summed E-state index contributed by atoms with van der Waals surface area (Å²) in [6.45, 7) is 1.04. The maximum atomic E-state index is 13.5. The first-order valence-corrected chi connectivity index (χ1v) is 9.75. The number of benzene rings is 2. The molecule has 2 aromatic carbocycles. The van der Waals surface area contributed by atoms with Crippen LogP contribution in [-0.2, 0) is 14.8 Å². The summed E-state index contributed by atoms with van der Waals surface area (Å²) in [5, 5.41) is 2.60. The maximum absolute atomic E-state index is 13.5. The fraction of sp³-hybridized carbons (Fsp3) is 0.211. The summed E-state index contributed by atoms with van der Waals surface area (Å²) in [6, 6.07) is 12.2. The summed E-state index contributed by atoms with van der Waals surface area (Å²) in [7, 11) is -3.54. The van der Waals surface area contributed by atoms with Crippen molar-refractivity contribution in [2.24, 2.45) is 0 Å². The third-order valence-corrected chi connectivity index (χ3v) is 6.02. The van der Waals surface area contributed by atoms with Gasteiger partial charge in [-0.1, -0.05) is 24.3 Å². The summed E-state index contributed by atoms with van der Waals surface area (Å²) in [4.78, 5) is 12.2. The monoisotopic (exact) mass is 374 g/mol. The molecule has 0 aromatic heterocycles. The first-order valence-electron chi connectivity index (χ1n) is 8.30. The van der Waals surface area contributed by atoms with E-state index in [2.05, 4.69) is 5.32 Å². The zero-order chi connectivity index (χ0) is 18.6. The second-order valence-corrected chi connectivity index (χ2v) is 7.92. The van der Waals surface area contributed by atoms with Gasteiger partial charge < -0.3 is 5.32 Å². The van der Waals surface area contributed by atoms with E-state index in [9.17, 15) is 17.6 Å². The molecule has 0 unspecified atom stereocenters. The van der Waals surface area contributed by atoms with Crippen LogP contribution >= 0.6 is 0 Å². The molecule has 1 saturated heterocycles. The molecule has 3 rings (SSSR count). The lowest BCUT2D eigenvalue weighted by Crippen LogP contribution is -2.27. The first-order chi connectivity index (χ1) is 12.5. The maximum Gasteiger partial charge on any atom is 0.248 e. The summed E-state index contributed by atoms with van der Waals surface area (Å²) < 4.78 is 40.2. The van der Waals surface area contributed by atoms with Crippen LogP contribution in [0.5, 0.6) is 0 Å². The predicted molar refractivity (Wildman–Crippen MR) is 98.5 cm³/mol. The molecule has 1 aliphatic heterocycles. The number of anilines is 1. The van der Waals surface area contributed by atoms with Crippen molar-refractivity contribution in [3.63, 3.8) is 0 Å². The topological polar surface area (TPSA) is 66.5 Å². The molecule has 136 valence electrons. The van der Waals surface area contributed by atoms with Crippen LogP contribution in [0.1, 0.15) is 18.4 Å². The van der Waals surface area contributed by atoms with Gasteiger partial charge in [-0.25, -0.2) is 12.8 Å². The molecular formula is C19H19FN2O3S. The molecule has 1 N–H and O–H groups in total. The standard InChI is InChI=1S/C19H19FN2O3S/c20-18-9-2-1-6-15(18)10-11-19(23)21-16-7-5-8-17(14-16)26(24,25)22-12-3-4-13-22/h1-2,5-11,14H,3-4,12-13H2,(H,21,23)/b11-10+. The van der Waals surface area contributed by atoms with Crippen molar-refractivity contribution in [2.45, 2.75) is 17.7 Å². The minimum Gasteiger partial charge on any atom is -0.322 e. The van der Waals surface area contributed by atoms with E-state index in [-0.39, 0.29) is 4.90 Å². The Morgan fingerprint density at radius 2 is 1.81 bits per heavy atom. The Hall–Kier alpha value is -2.51. The van der Waals surface area contributed by atoms with Gasteiger partial charge in [0.2, 0.25) is 15.9 Å². The molecule has 1 fully saturated rings. The Labute approximate surface area is 152 Å². The van der Waals surface area contributed by atoms with Crippen LogP contribution in [0.25, 0.3) is 6.08 Å². The number of sulfonamides is 1. The average Bonchev–Trinajstić information content (AvgIpc) is 3.17. The van der Waals surface area contributed by atoms with Crippen molar-refractivity contribution in [1.29, 1.82) is 0 Å². The van der Waals surface area contributed by atoms with Crippen LogP contribution in [0.15, 0.2) is 59.5 Å². The number of rotatable bonds is 5. The van der Waals surface area contributed by atoms with Gasteiger partial charge in [0.25, 0.3) is 0 Å². The summed E-state index contributed by atoms with van der Waals surface area (Å²) >= 11 is 0. The normalized spacial score (nSPS) is 15.4. The Morgan fingerprint density at radius 1 is 1.08 bits per heavy atom. The minimum atomic E-state index is -3.54. The van der Waals surface area contributed by atoms with Crippen LogP contribution in [-0.4, -0.2) is 31.7 Å². The molecule has 1 aliphatic rings. The van der Waals surface area contributed by atoms with E-state index in [1.54, 1.807) is 30.3 Å². The molecule has 0 radical (unpaired) electrons. The molecule has 0 spiro atoms. The number of hydrogen-bond donors (Lipinski definition) is 1. The Bertz CT molecular complexity index is 935. The molecule has 26 heavy (non-hydrogen) atoms. The van der Waals surface area contributed by atoms with E-state index in [1.165, 1.54) is 34.7 Å². The lowest BCUT2D eigenvalue weighted by Gasteiger charge is -2.16. The van der Waals surface area contributed by atoms with Crippen LogP contribution < -0.4 is 5.32 Å². The first kappa shape index (κ1) is 18.3. The van der Waals surface area contributed by atoms with Crippen molar-refractivity contribution >= 4 is 27.7 Å². The van der Waals surface area contributed by atoms with E-state index >= 15 is 0 Å². The number of nitrogens with one attached hydrogen (secondary N) is 1. The van der Waals surface area contributed by atoms with Gasteiger partial charge in [0.15, 0.2) is 0 Å². The van der Waals surface area contributed by atoms with Crippen LogP contribution in [0.3, 0.4) is 0 Å². The molecule has 0 aliphatic carbocycles. The molecule has 1 heterocycles. The van der Waals surface area contributed by atoms with E-state index in [1.807, 2.05) is 0 Å². The molecule has 7 heteroatoms. The number of carbonyl (C=O) groups excluding carboxylic acids is 1. The van der Waals surface area contributed by atoms with Gasteiger partial charge in [-0.2, -0.15) is 4.31 Å². The fourth-order valence-electron chi connectivity index (χ4n) is 2.77. The van der Waals surface area contributed by atoms with Gasteiger partial charge in [0.1, 0.15) is 5.82 Å². The van der Waals surface area contributed by atoms with Crippen molar-refractivity contribution in [1.82, 2.24) is 4.31 Å². The molecule has 0 saturated carbocycles. The Kier molecular flexibility index (Phi) is 5.49. The van der Waals surface area contributed by atoms with E-state index < -0.39 is 21.7 Å². The lowest BCUT2D eigenvalue weighted by atomic mass is 10.2. The van der Waals surface area contributed by atoms with Gasteiger partial charge in [-0.3, -0.25) is 4.79 Å². The number of hydrogen-bond acceptors (Lipinski definition) is 3. The summed E-state index contributed by atoms with van der Waals surface area (Å²) in [5.41, 5.74) is 0.668. The van der Waals surface area contributed by atoms with Gasteiger partial charge in [-0.05, 0) is 43.2 Å². The zero-order valence-corrected chi connectivity index (χ0v) is 14.9. The number of halogens is 1. The number of amides is 1. The van der Waals surface area contributed by atoms with Gasteiger partial charge >= 0.3 is 0 Å². The summed E-state index contributed by atoms with van der Waals surface area (Å²) in [5.74, 6) is -0.890. The number of carbonyl (C=O) groups is 1. The molecule has 0 atom stereocenters. The van der Waals surface area contributed by atoms with Crippen LogP contribution in [0.4, 0.5) is 10.1 Å². The molecule has 1 amide bonds. The van der Waals surface area contributed by atoms with Crippen molar-refractivity contribution in [3.8, 4) is 0 Å². The molecular weight excluding hydrogens is 355 g/mol. The second-order valence-electron chi connectivity index (χ2n) is 5.98. The molecule has 2 aromatic rings. The highest BCUT2D eigenvalue weighted by atomic mass is 32.2. The third kappa shape index (κ3) is 4.17. The second kappa shape index (κ2) is 7.80. The Morgan fingerprint density at radius 3 is 2.54 bits per heavy atom. The Balaban J connectivity index is 1.72. The van der Waals surface area contributed by atoms with E-state index in [4.69, 9.17) is 0 Å². The fourth-order valence-corrected chi connectivity index (χ4v) is 4.33. The van der Waals surface area contributed by atoms with Gasteiger partial charge in [0, 0.05) is 30.4 Å². The quantitative estimate of drug-likeness (QED) is 0.817. The highest BCUT2D eigenvalue weighted by Crippen LogP contribution is 2.23. The SMILES string of the molecule is O=C(/C=C/c1ccccc1F)Nc1cccc(S(=O)(=O)N2CCCC2)c1. The molecule has 0 bridgehead atoms. The van der Waals surface area contributed by atoms with Gasteiger partial charge in [0.05, 0.1) is 4.90 Å². The third-order valence-electron chi connectivity index (χ3n) is 4.12. The molecule has 5 nitrogen and oxygen atoms in total. The van der Waals surface area contributed by atoms with Gasteiger partial charge in [-0.15, -0.1) is 0 Å². The minimum absolute atomic E-state index is 0.148. The highest BCUT2D eigenvalue weighted by Gasteiger charge is 2.27. The van der Waals surface area contributed by atoms with Crippen LogP contribution in [0.2, 0.25) is 0 Å². The number of nitrogens with zero attached hydrogens (tertiary/aromatic N) is 1. The largest absolute Gasteiger partial charge is 0.322 e. The van der Waals surface area contributed by atoms with Crippen molar-refractivity contribution in [3.05, 3.63) is 66.0 Å². The summed E-state index contributed by atoms with van der Waals surface area (Å²) in [6.07, 6.45) is 4.29.